The highest BCUT2D eigenvalue weighted by Crippen LogP contribution is 2.34. The van der Waals surface area contributed by atoms with Gasteiger partial charge in [-0.2, -0.15) is 0 Å². The summed E-state index contributed by atoms with van der Waals surface area (Å²) in [6.45, 7) is 12.1. The van der Waals surface area contributed by atoms with Gasteiger partial charge in [0.2, 0.25) is 0 Å². The molecule has 0 aliphatic heterocycles. The Kier molecular flexibility index (Phi) is 6.37. The number of benzene rings is 1. The molecular weight excluding hydrogens is 289 g/mol. The van der Waals surface area contributed by atoms with Crippen LogP contribution in [-0.2, 0) is 6.42 Å². The summed E-state index contributed by atoms with van der Waals surface area (Å²) in [5.74, 6) is 0. The van der Waals surface area contributed by atoms with Gasteiger partial charge in [-0.3, -0.25) is 0 Å². The maximum atomic E-state index is 6.34. The molecule has 1 aromatic carbocycles. The molecule has 0 saturated carbocycles. The van der Waals surface area contributed by atoms with Gasteiger partial charge in [0.1, 0.15) is 0 Å². The number of hydrogen-bond acceptors (Lipinski definition) is 1. The predicted octanol–water partition coefficient (Wildman–Crippen LogP) is 5.73. The zero-order chi connectivity index (χ0) is 15.4. The van der Waals surface area contributed by atoms with Gasteiger partial charge in [0.15, 0.2) is 0 Å². The minimum atomic E-state index is 0.132. The average Bonchev–Trinajstić information content (AvgIpc) is 2.32. The van der Waals surface area contributed by atoms with Gasteiger partial charge in [-0.25, -0.2) is 0 Å². The Bertz CT molecular complexity index is 437. The molecule has 0 heterocycles. The first-order valence-corrected chi connectivity index (χ1v) is 8.10. The van der Waals surface area contributed by atoms with Crippen LogP contribution in [0.15, 0.2) is 18.2 Å². The monoisotopic (exact) mass is 315 g/mol. The normalized spacial score (nSPS) is 15.2. The lowest BCUT2D eigenvalue weighted by Gasteiger charge is -2.34. The fraction of sp³-hybridized carbons (Fsp3) is 0.647. The van der Waals surface area contributed by atoms with E-state index < -0.39 is 0 Å². The van der Waals surface area contributed by atoms with Gasteiger partial charge >= 0.3 is 0 Å². The first-order valence-electron chi connectivity index (χ1n) is 7.35. The van der Waals surface area contributed by atoms with Crippen LogP contribution in [0.3, 0.4) is 0 Å². The highest BCUT2D eigenvalue weighted by molar-refractivity contribution is 6.42. The molecule has 0 saturated heterocycles. The lowest BCUT2D eigenvalue weighted by molar-refractivity contribution is 0.244. The zero-order valence-corrected chi connectivity index (χ0v) is 14.8. The maximum absolute atomic E-state index is 6.34. The Morgan fingerprint density at radius 1 is 1.10 bits per heavy atom. The summed E-state index contributed by atoms with van der Waals surface area (Å²) in [6, 6.07) is 5.91. The second-order valence-electron chi connectivity index (χ2n) is 7.05. The highest BCUT2D eigenvalue weighted by atomic mass is 35.5. The summed E-state index contributed by atoms with van der Waals surface area (Å²) < 4.78 is 0. The van der Waals surface area contributed by atoms with Gasteiger partial charge < -0.3 is 5.32 Å². The molecule has 0 aliphatic rings. The minimum Gasteiger partial charge on any atom is -0.312 e. The molecule has 0 radical (unpaired) electrons. The van der Waals surface area contributed by atoms with E-state index >= 15 is 0 Å². The van der Waals surface area contributed by atoms with Crippen LogP contribution in [0.4, 0.5) is 0 Å². The van der Waals surface area contributed by atoms with Crippen LogP contribution in [0.1, 0.15) is 53.0 Å². The largest absolute Gasteiger partial charge is 0.312 e. The molecule has 0 fully saturated rings. The van der Waals surface area contributed by atoms with E-state index in [1.54, 1.807) is 0 Å². The van der Waals surface area contributed by atoms with Crippen LogP contribution >= 0.6 is 23.2 Å². The van der Waals surface area contributed by atoms with Crippen molar-refractivity contribution in [2.75, 3.05) is 6.54 Å². The summed E-state index contributed by atoms with van der Waals surface area (Å²) in [5, 5.41) is 4.97. The smallest absolute Gasteiger partial charge is 0.0624 e. The van der Waals surface area contributed by atoms with Gasteiger partial charge in [0.25, 0.3) is 0 Å². The zero-order valence-electron chi connectivity index (χ0n) is 13.3. The van der Waals surface area contributed by atoms with Crippen LogP contribution in [0.5, 0.6) is 0 Å². The minimum absolute atomic E-state index is 0.132. The molecule has 0 aliphatic carbocycles. The highest BCUT2D eigenvalue weighted by Gasteiger charge is 2.26. The standard InChI is InChI=1S/C17H27Cl2N/c1-6-10-17(5,12-20-16(2,3)4)11-13-8-7-9-14(18)15(13)19/h7-9,20H,6,10-12H2,1-5H3. The quantitative estimate of drug-likeness (QED) is 0.706. The molecule has 114 valence electrons. The van der Waals surface area contributed by atoms with E-state index in [0.717, 1.165) is 18.5 Å². The van der Waals surface area contributed by atoms with E-state index in [1.807, 2.05) is 12.1 Å². The van der Waals surface area contributed by atoms with Crippen LogP contribution in [0.2, 0.25) is 10.0 Å². The maximum Gasteiger partial charge on any atom is 0.0624 e. The van der Waals surface area contributed by atoms with Crippen molar-refractivity contribution in [2.45, 2.75) is 59.4 Å². The van der Waals surface area contributed by atoms with Gasteiger partial charge in [-0.05, 0) is 50.7 Å². The number of halogens is 2. The van der Waals surface area contributed by atoms with E-state index in [-0.39, 0.29) is 11.0 Å². The van der Waals surface area contributed by atoms with Crippen molar-refractivity contribution in [1.29, 1.82) is 0 Å². The SMILES string of the molecule is CCCC(C)(CNC(C)(C)C)Cc1cccc(Cl)c1Cl. The molecule has 1 nitrogen and oxygen atoms in total. The molecule has 1 N–H and O–H groups in total. The van der Waals surface area contributed by atoms with Crippen molar-refractivity contribution >= 4 is 23.2 Å². The van der Waals surface area contributed by atoms with Crippen LogP contribution < -0.4 is 5.32 Å². The molecule has 1 aromatic rings. The van der Waals surface area contributed by atoms with Gasteiger partial charge in [0, 0.05) is 12.1 Å². The molecular formula is C17H27Cl2N. The average molecular weight is 316 g/mol. The van der Waals surface area contributed by atoms with E-state index in [1.165, 1.54) is 12.8 Å². The first kappa shape index (κ1) is 17.8. The third-order valence-corrected chi connectivity index (χ3v) is 4.41. The lowest BCUT2D eigenvalue weighted by atomic mass is 9.79. The second-order valence-corrected chi connectivity index (χ2v) is 7.84. The molecule has 1 rings (SSSR count). The summed E-state index contributed by atoms with van der Waals surface area (Å²) in [6.07, 6.45) is 3.28. The van der Waals surface area contributed by atoms with Crippen LogP contribution in [-0.4, -0.2) is 12.1 Å². The fourth-order valence-corrected chi connectivity index (χ4v) is 2.85. The Labute approximate surface area is 134 Å². The topological polar surface area (TPSA) is 12.0 Å². The predicted molar refractivity (Wildman–Crippen MR) is 90.9 cm³/mol. The van der Waals surface area contributed by atoms with Crippen LogP contribution in [0, 0.1) is 5.41 Å². The van der Waals surface area contributed by atoms with E-state index in [2.05, 4.69) is 46.0 Å². The fourth-order valence-electron chi connectivity index (χ4n) is 2.47. The van der Waals surface area contributed by atoms with Crippen molar-refractivity contribution in [3.63, 3.8) is 0 Å². The summed E-state index contributed by atoms with van der Waals surface area (Å²) in [5.41, 5.74) is 1.47. The number of nitrogens with one attached hydrogen (secondary N) is 1. The van der Waals surface area contributed by atoms with Gasteiger partial charge in [-0.15, -0.1) is 0 Å². The van der Waals surface area contributed by atoms with Crippen molar-refractivity contribution < 1.29 is 0 Å². The third-order valence-electron chi connectivity index (χ3n) is 3.55. The Morgan fingerprint density at radius 3 is 2.30 bits per heavy atom. The van der Waals surface area contributed by atoms with E-state index in [4.69, 9.17) is 23.2 Å². The third kappa shape index (κ3) is 5.63. The van der Waals surface area contributed by atoms with Crippen molar-refractivity contribution in [1.82, 2.24) is 5.32 Å². The molecule has 0 amide bonds. The van der Waals surface area contributed by atoms with E-state index in [9.17, 15) is 0 Å². The molecule has 0 spiro atoms. The summed E-state index contributed by atoms with van der Waals surface area (Å²) in [7, 11) is 0. The summed E-state index contributed by atoms with van der Waals surface area (Å²) in [4.78, 5) is 0. The lowest BCUT2D eigenvalue weighted by Crippen LogP contribution is -2.43. The van der Waals surface area contributed by atoms with Crippen molar-refractivity contribution in [3.05, 3.63) is 33.8 Å². The first-order chi connectivity index (χ1) is 9.17. The molecule has 20 heavy (non-hydrogen) atoms. The number of hydrogen-bond donors (Lipinski definition) is 1. The van der Waals surface area contributed by atoms with Crippen LogP contribution in [0.25, 0.3) is 0 Å². The Morgan fingerprint density at radius 2 is 1.75 bits per heavy atom. The molecule has 1 atom stereocenters. The van der Waals surface area contributed by atoms with Crippen molar-refractivity contribution in [3.8, 4) is 0 Å². The van der Waals surface area contributed by atoms with Gasteiger partial charge in [-0.1, -0.05) is 55.6 Å². The van der Waals surface area contributed by atoms with Crippen molar-refractivity contribution in [2.24, 2.45) is 5.41 Å². The number of rotatable bonds is 6. The molecule has 0 aromatic heterocycles. The molecule has 1 unspecified atom stereocenters. The second kappa shape index (κ2) is 7.15. The summed E-state index contributed by atoms with van der Waals surface area (Å²) >= 11 is 12.5. The Hall–Kier alpha value is -0.240. The van der Waals surface area contributed by atoms with E-state index in [0.29, 0.717) is 10.0 Å². The van der Waals surface area contributed by atoms with Gasteiger partial charge in [0.05, 0.1) is 10.0 Å². The molecule has 3 heteroatoms. The Balaban J connectivity index is 2.87. The molecule has 0 bridgehead atoms.